The maximum atomic E-state index is 11.0. The zero-order valence-electron chi connectivity index (χ0n) is 9.61. The molecule has 3 nitrogen and oxygen atoms in total. The fourth-order valence-electron chi connectivity index (χ4n) is 4.03. The van der Waals surface area contributed by atoms with Crippen LogP contribution in [0, 0.1) is 23.7 Å². The highest BCUT2D eigenvalue weighted by molar-refractivity contribution is 5.78. The zero-order valence-corrected chi connectivity index (χ0v) is 9.61. The molecule has 4 aliphatic rings. The van der Waals surface area contributed by atoms with Crippen molar-refractivity contribution >= 4 is 12.0 Å². The molecule has 4 saturated carbocycles. The van der Waals surface area contributed by atoms with Gasteiger partial charge in [-0.3, -0.25) is 0 Å². The third-order valence-corrected chi connectivity index (χ3v) is 4.47. The monoisotopic (exact) mass is 219 g/mol. The Balaban J connectivity index is 1.86. The van der Waals surface area contributed by atoms with Gasteiger partial charge in [-0.1, -0.05) is 0 Å². The van der Waals surface area contributed by atoms with Gasteiger partial charge < -0.3 is 4.74 Å². The highest BCUT2D eigenvalue weighted by Gasteiger charge is 2.45. The minimum absolute atomic E-state index is 0.527. The van der Waals surface area contributed by atoms with Crippen LogP contribution in [0.1, 0.15) is 32.1 Å². The molecule has 4 bridgehead atoms. The molecule has 3 heteroatoms. The van der Waals surface area contributed by atoms with Gasteiger partial charge in [-0.25, -0.2) is 4.79 Å². The number of ether oxygens (including phenoxy) is 1. The second kappa shape index (κ2) is 3.74. The summed E-state index contributed by atoms with van der Waals surface area (Å²) in [5.41, 5.74) is 1.30. The Hall–Kier alpha value is -1.08. The molecule has 0 N–H and O–H groups in total. The molecule has 0 aromatic rings. The van der Waals surface area contributed by atoms with E-state index in [1.807, 2.05) is 0 Å². The van der Waals surface area contributed by atoms with E-state index >= 15 is 0 Å². The van der Waals surface area contributed by atoms with Crippen molar-refractivity contribution in [1.82, 2.24) is 0 Å². The predicted molar refractivity (Wildman–Crippen MR) is 60.4 cm³/mol. The van der Waals surface area contributed by atoms with Crippen molar-refractivity contribution in [3.05, 3.63) is 5.57 Å². The lowest BCUT2D eigenvalue weighted by molar-refractivity contribution is 0.0718. The number of methoxy groups -OCH3 is 1. The molecule has 16 heavy (non-hydrogen) atoms. The first-order valence-electron chi connectivity index (χ1n) is 6.17. The average Bonchev–Trinajstić information content (AvgIpc) is 2.26. The normalized spacial score (nSPS) is 39.4. The van der Waals surface area contributed by atoms with Crippen molar-refractivity contribution < 1.29 is 9.53 Å². The largest absolute Gasteiger partial charge is 0.451 e. The van der Waals surface area contributed by atoms with Crippen molar-refractivity contribution in [3.63, 3.8) is 0 Å². The highest BCUT2D eigenvalue weighted by Crippen LogP contribution is 2.55. The maximum absolute atomic E-state index is 11.0. The Labute approximate surface area is 95.6 Å². The Morgan fingerprint density at radius 1 is 1.19 bits per heavy atom. The molecular weight excluding hydrogens is 202 g/mol. The van der Waals surface area contributed by atoms with Crippen LogP contribution in [0.25, 0.3) is 0 Å². The first-order valence-corrected chi connectivity index (χ1v) is 6.17. The molecule has 0 aliphatic heterocycles. The van der Waals surface area contributed by atoms with E-state index in [0.717, 1.165) is 11.8 Å². The van der Waals surface area contributed by atoms with Crippen molar-refractivity contribution in [2.45, 2.75) is 32.1 Å². The van der Waals surface area contributed by atoms with Gasteiger partial charge in [-0.15, -0.1) is 4.99 Å². The quantitative estimate of drug-likeness (QED) is 0.587. The molecule has 0 spiro atoms. The van der Waals surface area contributed by atoms with E-state index < -0.39 is 6.09 Å². The molecule has 0 saturated heterocycles. The summed E-state index contributed by atoms with van der Waals surface area (Å²) >= 11 is 0. The SMILES string of the molecule is COC(=O)N=C=C1C2CC3CC(C2)CC1C3. The number of carbonyl (C=O) groups is 1. The molecule has 0 aromatic heterocycles. The zero-order chi connectivity index (χ0) is 11.1. The minimum atomic E-state index is -0.527. The number of hydrogen-bond acceptors (Lipinski definition) is 2. The summed E-state index contributed by atoms with van der Waals surface area (Å²) in [6.45, 7) is 0. The smallest absolute Gasteiger partial charge is 0.441 e. The summed E-state index contributed by atoms with van der Waals surface area (Å²) in [6.07, 6.45) is 6.10. The Morgan fingerprint density at radius 3 is 2.25 bits per heavy atom. The van der Waals surface area contributed by atoms with Crippen LogP contribution < -0.4 is 0 Å². The third-order valence-electron chi connectivity index (χ3n) is 4.47. The fourth-order valence-corrected chi connectivity index (χ4v) is 4.03. The minimum Gasteiger partial charge on any atom is -0.451 e. The standard InChI is InChI=1S/C13H17NO2/c1-16-13(15)14-7-12-10-3-8-2-9(5-10)6-11(12)4-8/h8-11H,2-6H2,1H3. The van der Waals surface area contributed by atoms with Crippen LogP contribution in [-0.4, -0.2) is 19.1 Å². The Kier molecular flexibility index (Phi) is 2.36. The summed E-state index contributed by atoms with van der Waals surface area (Å²) in [4.78, 5) is 14.7. The van der Waals surface area contributed by atoms with Crippen molar-refractivity contribution in [2.24, 2.45) is 28.7 Å². The molecule has 4 fully saturated rings. The summed E-state index contributed by atoms with van der Waals surface area (Å²) in [6, 6.07) is 0. The molecule has 1 amide bonds. The van der Waals surface area contributed by atoms with Crippen molar-refractivity contribution in [2.75, 3.05) is 7.11 Å². The lowest BCUT2D eigenvalue weighted by Gasteiger charge is -2.50. The summed E-state index contributed by atoms with van der Waals surface area (Å²) in [5, 5.41) is 0. The van der Waals surface area contributed by atoms with Gasteiger partial charge >= 0.3 is 6.09 Å². The highest BCUT2D eigenvalue weighted by atomic mass is 16.5. The molecule has 4 aliphatic carbocycles. The van der Waals surface area contributed by atoms with E-state index in [1.165, 1.54) is 44.8 Å². The Morgan fingerprint density at radius 2 is 1.75 bits per heavy atom. The number of allylic oxidation sites excluding steroid dienone is 1. The van der Waals surface area contributed by atoms with Crippen molar-refractivity contribution in [3.8, 4) is 0 Å². The topological polar surface area (TPSA) is 38.7 Å². The maximum Gasteiger partial charge on any atom is 0.441 e. The lowest BCUT2D eigenvalue weighted by Crippen LogP contribution is -2.40. The van der Waals surface area contributed by atoms with E-state index in [9.17, 15) is 4.79 Å². The molecule has 4 rings (SSSR count). The van der Waals surface area contributed by atoms with Gasteiger partial charge in [-0.2, -0.15) is 0 Å². The van der Waals surface area contributed by atoms with E-state index in [-0.39, 0.29) is 0 Å². The summed E-state index contributed by atoms with van der Waals surface area (Å²) in [7, 11) is 1.36. The van der Waals surface area contributed by atoms with Crippen molar-refractivity contribution in [1.29, 1.82) is 0 Å². The van der Waals surface area contributed by atoms with Crippen LogP contribution in [0.2, 0.25) is 0 Å². The van der Waals surface area contributed by atoms with Gasteiger partial charge in [0, 0.05) is 0 Å². The number of carbonyl (C=O) groups excluding carboxylic acids is 1. The van der Waals surface area contributed by atoms with Gasteiger partial charge in [0.15, 0.2) is 0 Å². The molecule has 0 heterocycles. The number of aliphatic imine (C=N–C) groups is 1. The second-order valence-corrected chi connectivity index (χ2v) is 5.45. The first-order chi connectivity index (χ1) is 7.76. The van der Waals surface area contributed by atoms with Gasteiger partial charge in [0.25, 0.3) is 0 Å². The van der Waals surface area contributed by atoms with E-state index in [1.54, 1.807) is 0 Å². The van der Waals surface area contributed by atoms with Crippen LogP contribution in [0.15, 0.2) is 10.6 Å². The van der Waals surface area contributed by atoms with Crippen LogP contribution in [-0.2, 0) is 4.74 Å². The summed E-state index contributed by atoms with van der Waals surface area (Å²) < 4.78 is 4.51. The molecular formula is C13H17NO2. The van der Waals surface area contributed by atoms with Gasteiger partial charge in [0.1, 0.15) is 0 Å². The number of rotatable bonds is 0. The molecule has 0 radical (unpaired) electrons. The van der Waals surface area contributed by atoms with E-state index in [2.05, 4.69) is 15.6 Å². The second-order valence-electron chi connectivity index (χ2n) is 5.45. The number of hydrogen-bond donors (Lipinski definition) is 0. The molecule has 86 valence electrons. The number of amides is 1. The lowest BCUT2D eigenvalue weighted by atomic mass is 9.54. The van der Waals surface area contributed by atoms with Crippen LogP contribution in [0.4, 0.5) is 4.79 Å². The molecule has 0 aromatic carbocycles. The first kappa shape index (κ1) is 10.1. The molecule has 0 atom stereocenters. The van der Waals surface area contributed by atoms with Crippen LogP contribution in [0.5, 0.6) is 0 Å². The van der Waals surface area contributed by atoms with Crippen LogP contribution in [0.3, 0.4) is 0 Å². The van der Waals surface area contributed by atoms with Gasteiger partial charge in [-0.05, 0) is 67.2 Å². The van der Waals surface area contributed by atoms with Crippen LogP contribution >= 0.6 is 0 Å². The molecule has 0 unspecified atom stereocenters. The Bertz CT molecular complexity index is 349. The predicted octanol–water partition coefficient (Wildman–Crippen LogP) is 2.81. The van der Waals surface area contributed by atoms with E-state index in [4.69, 9.17) is 0 Å². The summed E-state index contributed by atoms with van der Waals surface area (Å²) in [5.74, 6) is 6.17. The average molecular weight is 219 g/mol. The third kappa shape index (κ3) is 1.60. The van der Waals surface area contributed by atoms with Gasteiger partial charge in [0.05, 0.1) is 7.11 Å². The van der Waals surface area contributed by atoms with Gasteiger partial charge in [0.2, 0.25) is 0 Å². The van der Waals surface area contributed by atoms with E-state index in [0.29, 0.717) is 11.8 Å². The number of nitrogens with zero attached hydrogens (tertiary/aromatic N) is 1. The fraction of sp³-hybridized carbons (Fsp3) is 0.769.